The molecule has 0 fully saturated rings. The van der Waals surface area contributed by atoms with Crippen LogP contribution in [0.4, 0.5) is 0 Å². The van der Waals surface area contributed by atoms with Crippen LogP contribution in [-0.2, 0) is 0 Å². The Balaban J connectivity index is 0.918. The van der Waals surface area contributed by atoms with Crippen LogP contribution >= 0.6 is 0 Å². The molecular weight excluding hydrogens is 719 g/mol. The minimum absolute atomic E-state index is 0.0606. The van der Waals surface area contributed by atoms with E-state index in [1.165, 1.54) is 27.8 Å². The zero-order valence-electron chi connectivity index (χ0n) is 32.5. The largest absolute Gasteiger partial charge is 0.296 e. The Kier molecular flexibility index (Phi) is 8.85. The van der Waals surface area contributed by atoms with Crippen molar-refractivity contribution in [2.24, 2.45) is 10.9 Å². The monoisotopic (exact) mass is 759 g/mol. The second-order valence-corrected chi connectivity index (χ2v) is 15.6. The van der Waals surface area contributed by atoms with Crippen LogP contribution in [-0.4, -0.2) is 25.7 Å². The first-order valence-corrected chi connectivity index (χ1v) is 20.6. The highest BCUT2D eigenvalue weighted by molar-refractivity contribution is 5.90. The van der Waals surface area contributed by atoms with Crippen molar-refractivity contribution >= 4 is 22.8 Å². The van der Waals surface area contributed by atoms with Crippen LogP contribution in [0, 0.1) is 5.92 Å². The van der Waals surface area contributed by atoms with E-state index < -0.39 is 0 Å². The molecule has 0 amide bonds. The van der Waals surface area contributed by atoms with E-state index in [9.17, 15) is 0 Å². The average molecular weight is 760 g/mol. The van der Waals surface area contributed by atoms with Crippen molar-refractivity contribution < 1.29 is 0 Å². The summed E-state index contributed by atoms with van der Waals surface area (Å²) in [7, 11) is 0. The average Bonchev–Trinajstić information content (AvgIpc) is 3.71. The lowest BCUT2D eigenvalue weighted by molar-refractivity contribution is 0.621. The van der Waals surface area contributed by atoms with Crippen molar-refractivity contribution in [1.82, 2.24) is 19.5 Å². The van der Waals surface area contributed by atoms with Gasteiger partial charge in [-0.2, -0.15) is 0 Å². The third-order valence-electron chi connectivity index (χ3n) is 12.1. The summed E-state index contributed by atoms with van der Waals surface area (Å²) in [5.41, 5.74) is 14.9. The molecule has 2 aromatic heterocycles. The van der Waals surface area contributed by atoms with Crippen LogP contribution in [0.2, 0.25) is 0 Å². The van der Waals surface area contributed by atoms with E-state index in [0.717, 1.165) is 69.4 Å². The molecule has 7 aromatic rings. The molecule has 59 heavy (non-hydrogen) atoms. The van der Waals surface area contributed by atoms with Gasteiger partial charge in [0.1, 0.15) is 5.82 Å². The molecule has 4 unspecified atom stereocenters. The predicted molar refractivity (Wildman–Crippen MR) is 240 cm³/mol. The van der Waals surface area contributed by atoms with Gasteiger partial charge in [-0.15, -0.1) is 0 Å². The molecule has 0 bridgehead atoms. The molecular formula is C54H41N5. The van der Waals surface area contributed by atoms with Gasteiger partial charge in [-0.1, -0.05) is 164 Å². The molecule has 0 N–H and O–H groups in total. The van der Waals surface area contributed by atoms with Gasteiger partial charge in [-0.3, -0.25) is 9.56 Å². The molecule has 3 heterocycles. The van der Waals surface area contributed by atoms with Crippen LogP contribution in [0.25, 0.3) is 44.9 Å². The van der Waals surface area contributed by atoms with Gasteiger partial charge in [0.2, 0.25) is 0 Å². The summed E-state index contributed by atoms with van der Waals surface area (Å²) in [5.74, 6) is 2.23. The highest BCUT2D eigenvalue weighted by Crippen LogP contribution is 2.52. The molecule has 0 saturated heterocycles. The maximum absolute atomic E-state index is 5.31. The number of fused-ring (bicyclic) bond motifs is 3. The molecule has 0 spiro atoms. The van der Waals surface area contributed by atoms with Gasteiger partial charge in [0.15, 0.2) is 5.82 Å². The van der Waals surface area contributed by atoms with E-state index in [1.807, 2.05) is 24.3 Å². The summed E-state index contributed by atoms with van der Waals surface area (Å²) in [6, 6.07) is 50.8. The molecule has 4 aliphatic rings. The number of rotatable bonds is 7. The normalized spacial score (nSPS) is 20.6. The Morgan fingerprint density at radius 2 is 1.32 bits per heavy atom. The Morgan fingerprint density at radius 1 is 0.593 bits per heavy atom. The van der Waals surface area contributed by atoms with Gasteiger partial charge in [-0.05, 0) is 71.0 Å². The van der Waals surface area contributed by atoms with Crippen molar-refractivity contribution in [3.8, 4) is 28.3 Å². The number of allylic oxidation sites excluding steroid dienone is 12. The highest BCUT2D eigenvalue weighted by Gasteiger charge is 2.38. The smallest absolute Gasteiger partial charge is 0.160 e. The summed E-state index contributed by atoms with van der Waals surface area (Å²) in [6.07, 6.45) is 22.4. The van der Waals surface area contributed by atoms with Gasteiger partial charge < -0.3 is 0 Å². The predicted octanol–water partition coefficient (Wildman–Crippen LogP) is 12.6. The summed E-state index contributed by atoms with van der Waals surface area (Å²) in [6.45, 7) is 0. The lowest BCUT2D eigenvalue weighted by Gasteiger charge is -2.38. The van der Waals surface area contributed by atoms with Crippen molar-refractivity contribution in [1.29, 1.82) is 0 Å². The fourth-order valence-corrected chi connectivity index (χ4v) is 9.32. The Bertz CT molecular complexity index is 2890. The number of imidazole rings is 1. The second kappa shape index (κ2) is 14.9. The maximum Gasteiger partial charge on any atom is 0.160 e. The summed E-state index contributed by atoms with van der Waals surface area (Å²) >= 11 is 0. The van der Waals surface area contributed by atoms with E-state index in [0.29, 0.717) is 0 Å². The highest BCUT2D eigenvalue weighted by atomic mass is 15.1. The Morgan fingerprint density at radius 3 is 2.10 bits per heavy atom. The molecule has 4 atom stereocenters. The van der Waals surface area contributed by atoms with Crippen LogP contribution in [0.5, 0.6) is 0 Å². The van der Waals surface area contributed by atoms with E-state index in [-0.39, 0.29) is 23.7 Å². The molecule has 282 valence electrons. The topological polar surface area (TPSA) is 56.0 Å². The van der Waals surface area contributed by atoms with Crippen LogP contribution in [0.1, 0.15) is 53.2 Å². The summed E-state index contributed by atoms with van der Waals surface area (Å²) in [5, 5.41) is 0. The molecule has 5 aromatic carbocycles. The zero-order chi connectivity index (χ0) is 39.1. The fraction of sp³-hybridized carbons (Fsp3) is 0.111. The van der Waals surface area contributed by atoms with Crippen molar-refractivity contribution in [2.75, 3.05) is 0 Å². The van der Waals surface area contributed by atoms with Crippen molar-refractivity contribution in [3.63, 3.8) is 0 Å². The first-order valence-electron chi connectivity index (χ1n) is 20.6. The number of benzene rings is 5. The van der Waals surface area contributed by atoms with E-state index in [4.69, 9.17) is 19.9 Å². The van der Waals surface area contributed by atoms with Crippen molar-refractivity contribution in [3.05, 3.63) is 234 Å². The number of hydrogen-bond acceptors (Lipinski definition) is 4. The third-order valence-corrected chi connectivity index (χ3v) is 12.1. The molecule has 5 heteroatoms. The number of para-hydroxylation sites is 3. The summed E-state index contributed by atoms with van der Waals surface area (Å²) in [4.78, 5) is 20.7. The molecule has 0 radical (unpaired) electrons. The maximum atomic E-state index is 5.31. The van der Waals surface area contributed by atoms with Crippen LogP contribution in [0.3, 0.4) is 0 Å². The molecule has 3 aliphatic carbocycles. The second-order valence-electron chi connectivity index (χ2n) is 15.6. The molecule has 1 aliphatic heterocycles. The van der Waals surface area contributed by atoms with Crippen LogP contribution < -0.4 is 0 Å². The number of aliphatic imine (C=N–C) groups is 1. The molecule has 5 nitrogen and oxygen atoms in total. The van der Waals surface area contributed by atoms with Crippen LogP contribution in [0.15, 0.2) is 216 Å². The van der Waals surface area contributed by atoms with Gasteiger partial charge in [-0.25, -0.2) is 15.0 Å². The van der Waals surface area contributed by atoms with E-state index in [2.05, 4.69) is 181 Å². The lowest BCUT2D eigenvalue weighted by Crippen LogP contribution is -2.24. The van der Waals surface area contributed by atoms with E-state index >= 15 is 0 Å². The first kappa shape index (κ1) is 35.0. The quantitative estimate of drug-likeness (QED) is 0.163. The van der Waals surface area contributed by atoms with Gasteiger partial charge in [0, 0.05) is 46.5 Å². The number of hydrogen-bond donors (Lipinski definition) is 0. The van der Waals surface area contributed by atoms with Gasteiger partial charge >= 0.3 is 0 Å². The zero-order valence-corrected chi connectivity index (χ0v) is 32.5. The SMILES string of the molecule is C1=CC2=C(C3=CCC(c4cc(-c5ccccc5)nc(-c5ccccc5)n4)C=C3)c3ccccc3C(C3=CCC(c4nc5ccccc5n4-c4ccccc4)C=N3)C2C=C1. The van der Waals surface area contributed by atoms with E-state index in [1.54, 1.807) is 0 Å². The Hall–Kier alpha value is -7.24. The lowest BCUT2D eigenvalue weighted by atomic mass is 9.66. The molecule has 0 saturated carbocycles. The van der Waals surface area contributed by atoms with Crippen molar-refractivity contribution in [2.45, 2.75) is 30.6 Å². The summed E-state index contributed by atoms with van der Waals surface area (Å²) < 4.78 is 2.30. The number of nitrogens with zero attached hydrogens (tertiary/aromatic N) is 5. The molecule has 11 rings (SSSR count). The third kappa shape index (κ3) is 6.36. The number of aromatic nitrogens is 4. The van der Waals surface area contributed by atoms with Gasteiger partial charge in [0.05, 0.1) is 28.3 Å². The minimum atomic E-state index is 0.0606. The van der Waals surface area contributed by atoms with Gasteiger partial charge in [0.25, 0.3) is 0 Å². The fourth-order valence-electron chi connectivity index (χ4n) is 9.32. The standard InChI is InChI=1S/C54H41N5/c1-4-16-36(17-5-1)48-34-49(57-53(56-48)39-18-6-2-7-19-39)37-28-30-38(31-29-37)51-42-22-10-12-24-44(42)52(45-25-13-11-23-43(45)51)47-33-32-40(35-55-47)54-58-46-26-14-15-27-50(46)59(54)41-20-8-3-9-21-41/h1-28,30-31,33-35,37,40,44,52H,29,32H2. The first-order chi connectivity index (χ1) is 29.3. The Labute approximate surface area is 344 Å². The minimum Gasteiger partial charge on any atom is -0.296 e.